The number of nitro benzene ring substituents is 1. The highest BCUT2D eigenvalue weighted by Gasteiger charge is 2.11. The molecule has 1 aromatic carbocycles. The molecule has 1 unspecified atom stereocenters. The van der Waals surface area contributed by atoms with Gasteiger partial charge < -0.3 is 5.32 Å². The summed E-state index contributed by atoms with van der Waals surface area (Å²) in [6, 6.07) is 5.54. The molecule has 0 bridgehead atoms. The number of non-ortho nitro benzene ring substituents is 1. The molecule has 0 aromatic heterocycles. The summed E-state index contributed by atoms with van der Waals surface area (Å²) in [7, 11) is 1.96. The number of rotatable bonds is 6. The van der Waals surface area contributed by atoms with Gasteiger partial charge in [0.05, 0.1) is 4.92 Å². The molecule has 0 amide bonds. The number of aryl methyl sites for hydroxylation is 1. The van der Waals surface area contributed by atoms with Crippen molar-refractivity contribution in [1.29, 1.82) is 0 Å². The van der Waals surface area contributed by atoms with Gasteiger partial charge in [0, 0.05) is 18.2 Å². The van der Waals surface area contributed by atoms with Crippen molar-refractivity contribution in [3.8, 4) is 0 Å². The molecule has 1 atom stereocenters. The Morgan fingerprint density at radius 1 is 1.47 bits per heavy atom. The number of likely N-dealkylation sites (N-methyl/N-ethyl adjacent to an activating group) is 1. The van der Waals surface area contributed by atoms with Gasteiger partial charge in [-0.15, -0.1) is 0 Å². The molecule has 0 heterocycles. The van der Waals surface area contributed by atoms with Crippen LogP contribution < -0.4 is 5.32 Å². The molecule has 1 rings (SSSR count). The highest BCUT2D eigenvalue weighted by molar-refractivity contribution is 5.39. The lowest BCUT2D eigenvalue weighted by Crippen LogP contribution is -2.27. The van der Waals surface area contributed by atoms with Crippen LogP contribution in [0.3, 0.4) is 0 Å². The van der Waals surface area contributed by atoms with Crippen LogP contribution in [0.25, 0.3) is 0 Å². The molecule has 0 aliphatic heterocycles. The van der Waals surface area contributed by atoms with Crippen LogP contribution in [0, 0.1) is 17.0 Å². The fourth-order valence-corrected chi connectivity index (χ4v) is 1.99. The van der Waals surface area contributed by atoms with Crippen molar-refractivity contribution in [2.45, 2.75) is 39.2 Å². The summed E-state index contributed by atoms with van der Waals surface area (Å²) in [5, 5.41) is 13.9. The van der Waals surface area contributed by atoms with E-state index in [1.807, 2.05) is 20.0 Å². The first-order valence-electron chi connectivity index (χ1n) is 5.99. The van der Waals surface area contributed by atoms with Gasteiger partial charge in [-0.3, -0.25) is 10.1 Å². The SMILES string of the molecule is CCCC(Cc1ccc([N+](=O)[O-])cc1C)NC. The molecule has 4 heteroatoms. The fraction of sp³-hybridized carbons (Fsp3) is 0.538. The van der Waals surface area contributed by atoms with E-state index < -0.39 is 0 Å². The third-order valence-electron chi connectivity index (χ3n) is 3.05. The normalized spacial score (nSPS) is 12.4. The second-order valence-electron chi connectivity index (χ2n) is 4.35. The van der Waals surface area contributed by atoms with Crippen molar-refractivity contribution in [2.75, 3.05) is 7.05 Å². The zero-order chi connectivity index (χ0) is 12.8. The molecule has 1 aromatic rings. The first-order chi connectivity index (χ1) is 8.08. The van der Waals surface area contributed by atoms with Gasteiger partial charge in [-0.05, 0) is 37.9 Å². The molecule has 4 nitrogen and oxygen atoms in total. The van der Waals surface area contributed by atoms with Gasteiger partial charge in [0.25, 0.3) is 5.69 Å². The second kappa shape index (κ2) is 6.35. The van der Waals surface area contributed by atoms with Crippen molar-refractivity contribution in [3.63, 3.8) is 0 Å². The zero-order valence-electron chi connectivity index (χ0n) is 10.7. The quantitative estimate of drug-likeness (QED) is 0.610. The minimum Gasteiger partial charge on any atom is -0.317 e. The molecule has 94 valence electrons. The summed E-state index contributed by atoms with van der Waals surface area (Å²) in [6.45, 7) is 4.09. The average Bonchev–Trinajstić information content (AvgIpc) is 2.30. The van der Waals surface area contributed by atoms with E-state index in [-0.39, 0.29) is 10.6 Å². The van der Waals surface area contributed by atoms with Crippen LogP contribution >= 0.6 is 0 Å². The topological polar surface area (TPSA) is 55.2 Å². The Morgan fingerprint density at radius 2 is 2.18 bits per heavy atom. The van der Waals surface area contributed by atoms with Gasteiger partial charge in [-0.2, -0.15) is 0 Å². The predicted molar refractivity (Wildman–Crippen MR) is 69.3 cm³/mol. The standard InChI is InChI=1S/C13H20N2O2/c1-4-5-12(14-3)9-11-6-7-13(15(16)17)8-10(11)2/h6-8,12,14H,4-5,9H2,1-3H3. The Labute approximate surface area is 102 Å². The Kier molecular flexibility index (Phi) is 5.10. The summed E-state index contributed by atoms with van der Waals surface area (Å²) >= 11 is 0. The summed E-state index contributed by atoms with van der Waals surface area (Å²) in [5.41, 5.74) is 2.35. The maximum atomic E-state index is 10.6. The number of nitrogens with one attached hydrogen (secondary N) is 1. The van der Waals surface area contributed by atoms with Gasteiger partial charge in [0.15, 0.2) is 0 Å². The van der Waals surface area contributed by atoms with Crippen LogP contribution in [0.15, 0.2) is 18.2 Å². The molecule has 0 saturated heterocycles. The van der Waals surface area contributed by atoms with E-state index >= 15 is 0 Å². The molecule has 17 heavy (non-hydrogen) atoms. The largest absolute Gasteiger partial charge is 0.317 e. The van der Waals surface area contributed by atoms with Crippen LogP contribution in [0.2, 0.25) is 0 Å². The van der Waals surface area contributed by atoms with E-state index in [4.69, 9.17) is 0 Å². The summed E-state index contributed by atoms with van der Waals surface area (Å²) in [5.74, 6) is 0. The van der Waals surface area contributed by atoms with Gasteiger partial charge >= 0.3 is 0 Å². The predicted octanol–water partition coefficient (Wildman–Crippen LogP) is 2.83. The highest BCUT2D eigenvalue weighted by Crippen LogP contribution is 2.19. The third-order valence-corrected chi connectivity index (χ3v) is 3.05. The van der Waals surface area contributed by atoms with Crippen LogP contribution in [-0.4, -0.2) is 18.0 Å². The van der Waals surface area contributed by atoms with E-state index in [9.17, 15) is 10.1 Å². The lowest BCUT2D eigenvalue weighted by Gasteiger charge is -2.16. The van der Waals surface area contributed by atoms with Crippen molar-refractivity contribution in [1.82, 2.24) is 5.32 Å². The Bertz CT molecular complexity index is 391. The van der Waals surface area contributed by atoms with Crippen LogP contribution in [0.1, 0.15) is 30.9 Å². The van der Waals surface area contributed by atoms with Gasteiger partial charge in [-0.1, -0.05) is 19.4 Å². The molecule has 0 fully saturated rings. The monoisotopic (exact) mass is 236 g/mol. The average molecular weight is 236 g/mol. The highest BCUT2D eigenvalue weighted by atomic mass is 16.6. The third kappa shape index (κ3) is 3.82. The molecule has 0 saturated carbocycles. The molecular weight excluding hydrogens is 216 g/mol. The van der Waals surface area contributed by atoms with E-state index in [1.54, 1.807) is 12.1 Å². The maximum Gasteiger partial charge on any atom is 0.269 e. The van der Waals surface area contributed by atoms with E-state index in [2.05, 4.69) is 12.2 Å². The Hall–Kier alpha value is -1.42. The minimum atomic E-state index is -0.349. The number of hydrogen-bond acceptors (Lipinski definition) is 3. The van der Waals surface area contributed by atoms with Crippen LogP contribution in [0.4, 0.5) is 5.69 Å². The lowest BCUT2D eigenvalue weighted by atomic mass is 9.98. The molecule has 0 aliphatic carbocycles. The molecule has 1 N–H and O–H groups in total. The summed E-state index contributed by atoms with van der Waals surface area (Å²) in [4.78, 5) is 10.3. The van der Waals surface area contributed by atoms with Gasteiger partial charge in [0.1, 0.15) is 0 Å². The lowest BCUT2D eigenvalue weighted by molar-refractivity contribution is -0.384. The molecule has 0 spiro atoms. The maximum absolute atomic E-state index is 10.6. The molecule has 0 radical (unpaired) electrons. The van der Waals surface area contributed by atoms with Gasteiger partial charge in [0.2, 0.25) is 0 Å². The number of benzene rings is 1. The summed E-state index contributed by atoms with van der Waals surface area (Å²) < 4.78 is 0. The van der Waals surface area contributed by atoms with E-state index in [0.29, 0.717) is 6.04 Å². The Balaban J connectivity index is 2.81. The first-order valence-corrected chi connectivity index (χ1v) is 5.99. The van der Waals surface area contributed by atoms with E-state index in [1.165, 1.54) is 5.56 Å². The van der Waals surface area contributed by atoms with Crippen molar-refractivity contribution in [3.05, 3.63) is 39.4 Å². The van der Waals surface area contributed by atoms with Crippen LogP contribution in [-0.2, 0) is 6.42 Å². The van der Waals surface area contributed by atoms with Crippen molar-refractivity contribution >= 4 is 5.69 Å². The smallest absolute Gasteiger partial charge is 0.269 e. The first kappa shape index (κ1) is 13.6. The Morgan fingerprint density at radius 3 is 2.65 bits per heavy atom. The zero-order valence-corrected chi connectivity index (χ0v) is 10.7. The molecular formula is C13H20N2O2. The van der Waals surface area contributed by atoms with Gasteiger partial charge in [-0.25, -0.2) is 0 Å². The van der Waals surface area contributed by atoms with Crippen LogP contribution in [0.5, 0.6) is 0 Å². The number of nitro groups is 1. The van der Waals surface area contributed by atoms with E-state index in [0.717, 1.165) is 24.8 Å². The summed E-state index contributed by atoms with van der Waals surface area (Å²) in [6.07, 6.45) is 3.18. The molecule has 0 aliphatic rings. The fourth-order valence-electron chi connectivity index (χ4n) is 1.99. The van der Waals surface area contributed by atoms with Crippen molar-refractivity contribution < 1.29 is 4.92 Å². The minimum absolute atomic E-state index is 0.169. The number of nitrogens with zero attached hydrogens (tertiary/aromatic N) is 1. The van der Waals surface area contributed by atoms with Crippen molar-refractivity contribution in [2.24, 2.45) is 0 Å². The second-order valence-corrected chi connectivity index (χ2v) is 4.35. The number of hydrogen-bond donors (Lipinski definition) is 1.